The smallest absolute Gasteiger partial charge is 0.296 e. The summed E-state index contributed by atoms with van der Waals surface area (Å²) in [4.78, 5) is 38.9. The topological polar surface area (TPSA) is 136 Å². The van der Waals surface area contributed by atoms with Crippen molar-refractivity contribution in [1.29, 1.82) is 0 Å². The largest absolute Gasteiger partial charge is 0.501 e. The number of aryl methyl sites for hydroxylation is 1. The predicted octanol–water partition coefficient (Wildman–Crippen LogP) is 3.41. The maximum atomic E-state index is 12.8. The van der Waals surface area contributed by atoms with Gasteiger partial charge in [-0.05, 0) is 18.6 Å². The molecule has 11 heteroatoms. The van der Waals surface area contributed by atoms with Crippen molar-refractivity contribution in [2.75, 3.05) is 5.32 Å². The molecule has 174 valence electrons. The minimum Gasteiger partial charge on any atom is -0.501 e. The summed E-state index contributed by atoms with van der Waals surface area (Å²) in [6, 6.07) is 7.29. The summed E-state index contributed by atoms with van der Waals surface area (Å²) in [6.07, 6.45) is 5.79. The Morgan fingerprint density at radius 1 is 1.21 bits per heavy atom. The summed E-state index contributed by atoms with van der Waals surface area (Å²) in [6.45, 7) is 3.67. The van der Waals surface area contributed by atoms with Crippen LogP contribution in [0.25, 0.3) is 0 Å². The number of hydrogen-bond acceptors (Lipinski definition) is 8. The number of carbonyl (C=O) groups is 1. The van der Waals surface area contributed by atoms with Crippen LogP contribution in [0.1, 0.15) is 52.0 Å². The second kappa shape index (κ2) is 9.44. The van der Waals surface area contributed by atoms with Crippen molar-refractivity contribution in [3.63, 3.8) is 0 Å². The minimum atomic E-state index is -0.781. The molecule has 0 aliphatic rings. The van der Waals surface area contributed by atoms with Gasteiger partial charge in [0, 0.05) is 36.3 Å². The minimum absolute atomic E-state index is 0.255. The van der Waals surface area contributed by atoms with Crippen molar-refractivity contribution in [3.8, 4) is 5.75 Å². The Bertz CT molecular complexity index is 1390. The van der Waals surface area contributed by atoms with Gasteiger partial charge >= 0.3 is 0 Å². The van der Waals surface area contributed by atoms with E-state index in [1.165, 1.54) is 24.1 Å². The Morgan fingerprint density at radius 3 is 2.62 bits per heavy atom. The van der Waals surface area contributed by atoms with Crippen LogP contribution in [0.3, 0.4) is 0 Å². The van der Waals surface area contributed by atoms with Gasteiger partial charge in [-0.25, -0.2) is 4.98 Å². The molecule has 0 unspecified atom stereocenters. The molecule has 0 aliphatic carbocycles. The summed E-state index contributed by atoms with van der Waals surface area (Å²) < 4.78 is 5.91. The van der Waals surface area contributed by atoms with Gasteiger partial charge in [-0.3, -0.25) is 24.1 Å². The highest BCUT2D eigenvalue weighted by atomic mass is 35.5. The van der Waals surface area contributed by atoms with Crippen LogP contribution in [0.2, 0.25) is 5.02 Å². The van der Waals surface area contributed by atoms with Crippen LogP contribution in [0.15, 0.2) is 58.4 Å². The number of halogens is 1. The molecule has 0 aliphatic heterocycles. The molecule has 3 heterocycles. The molecule has 0 fully saturated rings. The maximum absolute atomic E-state index is 12.8. The Hall–Kier alpha value is -4.05. The quantitative estimate of drug-likeness (QED) is 0.428. The first-order valence-electron chi connectivity index (χ1n) is 10.3. The Labute approximate surface area is 199 Å². The summed E-state index contributed by atoms with van der Waals surface area (Å²) in [5.41, 5.74) is 1.19. The van der Waals surface area contributed by atoms with Crippen molar-refractivity contribution in [2.45, 2.75) is 25.7 Å². The lowest BCUT2D eigenvalue weighted by atomic mass is 9.84. The predicted molar refractivity (Wildman–Crippen MR) is 124 cm³/mol. The fraction of sp³-hybridized carbons (Fsp3) is 0.217. The lowest BCUT2D eigenvalue weighted by molar-refractivity contribution is 0.101. The molecule has 4 aromatic rings. The third-order valence-corrected chi connectivity index (χ3v) is 5.82. The van der Waals surface area contributed by atoms with Crippen molar-refractivity contribution >= 4 is 23.2 Å². The molecule has 2 atom stereocenters. The molecule has 3 aromatic heterocycles. The van der Waals surface area contributed by atoms with E-state index in [1.54, 1.807) is 18.5 Å². The van der Waals surface area contributed by atoms with Crippen molar-refractivity contribution in [3.05, 3.63) is 93.0 Å². The number of rotatable bonds is 6. The zero-order valence-electron chi connectivity index (χ0n) is 18.6. The zero-order chi connectivity index (χ0) is 24.4. The van der Waals surface area contributed by atoms with Gasteiger partial charge in [0.1, 0.15) is 17.8 Å². The van der Waals surface area contributed by atoms with E-state index < -0.39 is 34.7 Å². The molecular weight excluding hydrogens is 460 g/mol. The molecular formula is C23H21ClN6O4. The highest BCUT2D eigenvalue weighted by Gasteiger charge is 2.31. The SMILES string of the molecule is Cc1cnc([C@H](c2ccccc2Cl)[C@@H](C)c2nc(C(=O)Nc3cnoc3)c(O)c(=O)n2C)cn1. The molecule has 2 N–H and O–H groups in total. The molecule has 10 nitrogen and oxygen atoms in total. The number of hydrogen-bond donors (Lipinski definition) is 2. The third-order valence-electron chi connectivity index (χ3n) is 5.47. The van der Waals surface area contributed by atoms with Crippen molar-refractivity contribution < 1.29 is 14.4 Å². The van der Waals surface area contributed by atoms with Crippen molar-refractivity contribution in [2.24, 2.45) is 7.05 Å². The Morgan fingerprint density at radius 2 is 1.97 bits per heavy atom. The van der Waals surface area contributed by atoms with Gasteiger partial charge in [-0.2, -0.15) is 0 Å². The molecule has 34 heavy (non-hydrogen) atoms. The van der Waals surface area contributed by atoms with Gasteiger partial charge in [-0.1, -0.05) is 41.9 Å². The fourth-order valence-corrected chi connectivity index (χ4v) is 4.01. The summed E-state index contributed by atoms with van der Waals surface area (Å²) in [7, 11) is 1.48. The summed E-state index contributed by atoms with van der Waals surface area (Å²) in [5.74, 6) is -2.23. The average molecular weight is 481 g/mol. The molecule has 0 radical (unpaired) electrons. The highest BCUT2D eigenvalue weighted by Crippen LogP contribution is 2.39. The van der Waals surface area contributed by atoms with E-state index in [2.05, 4.69) is 25.4 Å². The maximum Gasteiger partial charge on any atom is 0.296 e. The van der Waals surface area contributed by atoms with E-state index in [1.807, 2.05) is 32.0 Å². The monoisotopic (exact) mass is 480 g/mol. The van der Waals surface area contributed by atoms with Crippen molar-refractivity contribution in [1.82, 2.24) is 24.7 Å². The highest BCUT2D eigenvalue weighted by molar-refractivity contribution is 6.31. The van der Waals surface area contributed by atoms with E-state index in [0.717, 1.165) is 11.3 Å². The van der Waals surface area contributed by atoms with Crippen LogP contribution in [-0.4, -0.2) is 35.7 Å². The first-order chi connectivity index (χ1) is 16.3. The molecule has 0 bridgehead atoms. The third kappa shape index (κ3) is 4.40. The Kier molecular flexibility index (Phi) is 6.42. The molecule has 1 amide bonds. The number of benzene rings is 1. The van der Waals surface area contributed by atoms with Crippen LogP contribution >= 0.6 is 11.6 Å². The van der Waals surface area contributed by atoms with Crippen LogP contribution in [-0.2, 0) is 7.05 Å². The van der Waals surface area contributed by atoms with E-state index in [-0.39, 0.29) is 11.5 Å². The summed E-state index contributed by atoms with van der Waals surface area (Å²) >= 11 is 6.53. The first kappa shape index (κ1) is 23.1. The second-order valence-corrected chi connectivity index (χ2v) is 8.18. The number of nitrogens with one attached hydrogen (secondary N) is 1. The van der Waals surface area contributed by atoms with E-state index in [0.29, 0.717) is 10.7 Å². The van der Waals surface area contributed by atoms with Crippen LogP contribution in [0.5, 0.6) is 5.75 Å². The Balaban J connectivity index is 1.84. The number of carbonyl (C=O) groups excluding carboxylic acids is 1. The van der Waals surface area contributed by atoms with E-state index in [4.69, 9.17) is 16.1 Å². The van der Waals surface area contributed by atoms with Gasteiger partial charge < -0.3 is 14.9 Å². The average Bonchev–Trinajstić information content (AvgIpc) is 3.33. The summed E-state index contributed by atoms with van der Waals surface area (Å²) in [5, 5.41) is 16.9. The second-order valence-electron chi connectivity index (χ2n) is 7.77. The molecule has 0 spiro atoms. The van der Waals surface area contributed by atoms with Gasteiger partial charge in [-0.15, -0.1) is 0 Å². The van der Waals surface area contributed by atoms with Gasteiger partial charge in [0.2, 0.25) is 5.75 Å². The molecule has 1 aromatic carbocycles. The first-order valence-corrected chi connectivity index (χ1v) is 10.7. The van der Waals surface area contributed by atoms with Gasteiger partial charge in [0.25, 0.3) is 11.5 Å². The molecule has 0 saturated carbocycles. The molecule has 0 saturated heterocycles. The van der Waals surface area contributed by atoms with Crippen LogP contribution < -0.4 is 10.9 Å². The van der Waals surface area contributed by atoms with Crippen LogP contribution in [0, 0.1) is 6.92 Å². The number of amides is 1. The number of aromatic hydroxyl groups is 1. The lowest BCUT2D eigenvalue weighted by Crippen LogP contribution is -2.29. The number of nitrogens with zero attached hydrogens (tertiary/aromatic N) is 5. The van der Waals surface area contributed by atoms with Gasteiger partial charge in [0.15, 0.2) is 5.69 Å². The van der Waals surface area contributed by atoms with Crippen LogP contribution in [0.4, 0.5) is 5.69 Å². The number of anilines is 1. The standard InChI is InChI=1S/C23H21ClN6O4/c1-12-8-26-17(10-25-12)18(15-6-4-5-7-16(15)24)13(2)21-29-19(20(31)23(33)30(21)3)22(32)28-14-9-27-34-11-14/h4-11,13,18,31H,1-3H3,(H,28,32)/t13-,18+/m1/s1. The van der Waals surface area contributed by atoms with E-state index >= 15 is 0 Å². The number of aromatic nitrogens is 5. The van der Waals surface area contributed by atoms with Gasteiger partial charge in [0.05, 0.1) is 17.6 Å². The zero-order valence-corrected chi connectivity index (χ0v) is 19.3. The lowest BCUT2D eigenvalue weighted by Gasteiger charge is -2.26. The fourth-order valence-electron chi connectivity index (χ4n) is 3.75. The normalized spacial score (nSPS) is 12.8. The van der Waals surface area contributed by atoms with E-state index in [9.17, 15) is 14.7 Å². The molecule has 4 rings (SSSR count).